The highest BCUT2D eigenvalue weighted by Gasteiger charge is 2.22. The molecule has 0 saturated heterocycles. The number of aryl methyl sites for hydroxylation is 1. The maximum atomic E-state index is 13.0. The molecule has 0 aliphatic heterocycles. The SMILES string of the molecule is C/C=C/Cn1cc(-c2cc(C(=O)CCc3cnccn3)ccc2OC)c2c(c1=O)CC(C)=C2. The van der Waals surface area contributed by atoms with E-state index in [1.807, 2.05) is 44.3 Å². The van der Waals surface area contributed by atoms with E-state index < -0.39 is 0 Å². The first-order valence-electron chi connectivity index (χ1n) is 11.0. The lowest BCUT2D eigenvalue weighted by Crippen LogP contribution is -2.23. The van der Waals surface area contributed by atoms with Gasteiger partial charge in [0.25, 0.3) is 5.56 Å². The number of benzene rings is 1. The van der Waals surface area contributed by atoms with Crippen LogP contribution < -0.4 is 10.3 Å². The Labute approximate surface area is 193 Å². The molecule has 6 heteroatoms. The molecule has 0 fully saturated rings. The first kappa shape index (κ1) is 22.4. The minimum Gasteiger partial charge on any atom is -0.496 e. The van der Waals surface area contributed by atoms with Gasteiger partial charge in [0, 0.05) is 60.0 Å². The molecule has 1 aromatic carbocycles. The van der Waals surface area contributed by atoms with Crippen LogP contribution in [0.5, 0.6) is 5.75 Å². The number of ether oxygens (including phenoxy) is 1. The molecular formula is C27H27N3O3. The van der Waals surface area contributed by atoms with Crippen LogP contribution >= 0.6 is 0 Å². The van der Waals surface area contributed by atoms with Crippen LogP contribution in [-0.2, 0) is 19.4 Å². The summed E-state index contributed by atoms with van der Waals surface area (Å²) in [4.78, 5) is 34.3. The fourth-order valence-corrected chi connectivity index (χ4v) is 4.15. The number of carbonyl (C=O) groups is 1. The third-order valence-corrected chi connectivity index (χ3v) is 5.84. The van der Waals surface area contributed by atoms with Gasteiger partial charge in [-0.15, -0.1) is 0 Å². The number of methoxy groups -OCH3 is 1. The molecule has 1 aliphatic rings. The van der Waals surface area contributed by atoms with E-state index >= 15 is 0 Å². The second-order valence-corrected chi connectivity index (χ2v) is 8.16. The largest absolute Gasteiger partial charge is 0.496 e. The summed E-state index contributed by atoms with van der Waals surface area (Å²) in [6.07, 6.45) is 14.2. The number of allylic oxidation sites excluding steroid dienone is 3. The summed E-state index contributed by atoms with van der Waals surface area (Å²) in [6, 6.07) is 5.49. The Bertz CT molecular complexity index is 1300. The highest BCUT2D eigenvalue weighted by Crippen LogP contribution is 2.37. The molecule has 0 atom stereocenters. The summed E-state index contributed by atoms with van der Waals surface area (Å²) < 4.78 is 7.37. The van der Waals surface area contributed by atoms with Crippen molar-refractivity contribution in [2.45, 2.75) is 39.7 Å². The van der Waals surface area contributed by atoms with E-state index in [4.69, 9.17) is 4.74 Å². The number of ketones is 1. The molecule has 4 rings (SSSR count). The van der Waals surface area contributed by atoms with Crippen molar-refractivity contribution >= 4 is 11.9 Å². The molecule has 0 radical (unpaired) electrons. The fourth-order valence-electron chi connectivity index (χ4n) is 4.15. The van der Waals surface area contributed by atoms with Gasteiger partial charge in [-0.05, 0) is 50.5 Å². The molecule has 33 heavy (non-hydrogen) atoms. The highest BCUT2D eigenvalue weighted by atomic mass is 16.5. The van der Waals surface area contributed by atoms with Gasteiger partial charge in [-0.2, -0.15) is 0 Å². The maximum absolute atomic E-state index is 13.0. The van der Waals surface area contributed by atoms with Crippen molar-refractivity contribution in [2.24, 2.45) is 0 Å². The number of hydrogen-bond donors (Lipinski definition) is 0. The van der Waals surface area contributed by atoms with E-state index in [1.54, 1.807) is 36.3 Å². The van der Waals surface area contributed by atoms with Crippen molar-refractivity contribution in [1.29, 1.82) is 0 Å². The minimum atomic E-state index is 0.0233. The zero-order chi connectivity index (χ0) is 23.4. The predicted molar refractivity (Wildman–Crippen MR) is 130 cm³/mol. The van der Waals surface area contributed by atoms with Gasteiger partial charge in [0.1, 0.15) is 5.75 Å². The summed E-state index contributed by atoms with van der Waals surface area (Å²) >= 11 is 0. The van der Waals surface area contributed by atoms with Gasteiger partial charge in [-0.1, -0.05) is 23.8 Å². The van der Waals surface area contributed by atoms with Crippen molar-refractivity contribution < 1.29 is 9.53 Å². The number of carbonyl (C=O) groups excluding carboxylic acids is 1. The van der Waals surface area contributed by atoms with Gasteiger partial charge in [0.05, 0.1) is 12.8 Å². The summed E-state index contributed by atoms with van der Waals surface area (Å²) in [5.41, 5.74) is 5.96. The van der Waals surface area contributed by atoms with Crippen LogP contribution in [0.1, 0.15) is 47.4 Å². The molecule has 168 valence electrons. The second kappa shape index (κ2) is 9.77. The zero-order valence-corrected chi connectivity index (χ0v) is 19.2. The van der Waals surface area contributed by atoms with E-state index in [0.717, 1.165) is 33.5 Å². The van der Waals surface area contributed by atoms with Crippen LogP contribution in [0, 0.1) is 0 Å². The number of pyridine rings is 1. The lowest BCUT2D eigenvalue weighted by molar-refractivity contribution is 0.0982. The third-order valence-electron chi connectivity index (χ3n) is 5.84. The fraction of sp³-hybridized carbons (Fsp3) is 0.259. The van der Waals surface area contributed by atoms with Crippen LogP contribution in [0.15, 0.2) is 65.5 Å². The maximum Gasteiger partial charge on any atom is 0.254 e. The Balaban J connectivity index is 1.76. The summed E-state index contributed by atoms with van der Waals surface area (Å²) in [5.74, 6) is 0.687. The number of hydrogen-bond acceptors (Lipinski definition) is 5. The third kappa shape index (κ3) is 4.70. The molecular weight excluding hydrogens is 414 g/mol. The Morgan fingerprint density at radius 2 is 2.09 bits per heavy atom. The lowest BCUT2D eigenvalue weighted by Gasteiger charge is -2.16. The summed E-state index contributed by atoms with van der Waals surface area (Å²) in [5, 5.41) is 0. The molecule has 2 aromatic heterocycles. The number of fused-ring (bicyclic) bond motifs is 1. The van der Waals surface area contributed by atoms with Crippen molar-refractivity contribution in [3.63, 3.8) is 0 Å². The van der Waals surface area contributed by atoms with Gasteiger partial charge in [0.2, 0.25) is 0 Å². The Morgan fingerprint density at radius 3 is 2.82 bits per heavy atom. The van der Waals surface area contributed by atoms with Crippen molar-refractivity contribution in [1.82, 2.24) is 14.5 Å². The topological polar surface area (TPSA) is 74.1 Å². The molecule has 0 bridgehead atoms. The molecule has 2 heterocycles. The van der Waals surface area contributed by atoms with Gasteiger partial charge >= 0.3 is 0 Å². The van der Waals surface area contributed by atoms with Crippen LogP contribution in [-0.4, -0.2) is 27.4 Å². The number of Topliss-reactive ketones (excluding diaryl/α,β-unsaturated/α-hetero) is 1. The Kier molecular flexibility index (Phi) is 6.63. The van der Waals surface area contributed by atoms with E-state index in [1.165, 1.54) is 0 Å². The molecule has 0 amide bonds. The van der Waals surface area contributed by atoms with E-state index in [-0.39, 0.29) is 11.3 Å². The molecule has 0 saturated carbocycles. The smallest absolute Gasteiger partial charge is 0.254 e. The number of nitrogens with zero attached hydrogens (tertiary/aromatic N) is 3. The summed E-state index contributed by atoms with van der Waals surface area (Å²) in [6.45, 7) is 4.46. The minimum absolute atomic E-state index is 0.0233. The van der Waals surface area contributed by atoms with Crippen LogP contribution in [0.4, 0.5) is 0 Å². The first-order valence-corrected chi connectivity index (χ1v) is 11.0. The van der Waals surface area contributed by atoms with E-state index in [9.17, 15) is 9.59 Å². The van der Waals surface area contributed by atoms with Crippen molar-refractivity contribution in [2.75, 3.05) is 7.11 Å². The van der Waals surface area contributed by atoms with Crippen LogP contribution in [0.25, 0.3) is 17.2 Å². The first-order chi connectivity index (χ1) is 16.0. The molecule has 1 aliphatic carbocycles. The summed E-state index contributed by atoms with van der Waals surface area (Å²) in [7, 11) is 1.62. The normalized spacial score (nSPS) is 12.6. The van der Waals surface area contributed by atoms with E-state index in [2.05, 4.69) is 16.0 Å². The number of rotatable bonds is 8. The monoisotopic (exact) mass is 441 g/mol. The van der Waals surface area contributed by atoms with Gasteiger partial charge < -0.3 is 9.30 Å². The zero-order valence-electron chi connectivity index (χ0n) is 19.2. The molecule has 0 spiro atoms. The Morgan fingerprint density at radius 1 is 1.24 bits per heavy atom. The standard InChI is InChI=1S/C27H27N3O3/c1-4-5-12-30-17-24(21-13-18(2)14-23(21)27(30)32)22-15-19(6-9-26(22)33-3)25(31)8-7-20-16-28-10-11-29-20/h4-6,9-11,13,15-17H,7-8,12,14H2,1-3H3/b5-4+. The molecule has 6 nitrogen and oxygen atoms in total. The quantitative estimate of drug-likeness (QED) is 0.375. The average molecular weight is 442 g/mol. The number of aromatic nitrogens is 3. The van der Waals surface area contributed by atoms with Gasteiger partial charge in [-0.25, -0.2) is 0 Å². The van der Waals surface area contributed by atoms with Crippen LogP contribution in [0.3, 0.4) is 0 Å². The lowest BCUT2D eigenvalue weighted by atomic mass is 9.95. The van der Waals surface area contributed by atoms with Crippen LogP contribution in [0.2, 0.25) is 0 Å². The van der Waals surface area contributed by atoms with E-state index in [0.29, 0.717) is 37.1 Å². The highest BCUT2D eigenvalue weighted by molar-refractivity contribution is 5.98. The Hall–Kier alpha value is -3.80. The molecule has 0 N–H and O–H groups in total. The second-order valence-electron chi connectivity index (χ2n) is 8.16. The van der Waals surface area contributed by atoms with Gasteiger partial charge in [0.15, 0.2) is 5.78 Å². The predicted octanol–water partition coefficient (Wildman–Crippen LogP) is 4.66. The molecule has 0 unspecified atom stereocenters. The van der Waals surface area contributed by atoms with Crippen molar-refractivity contribution in [3.05, 3.63) is 93.4 Å². The van der Waals surface area contributed by atoms with Gasteiger partial charge in [-0.3, -0.25) is 19.6 Å². The molecule has 3 aromatic rings. The van der Waals surface area contributed by atoms with Crippen molar-refractivity contribution in [3.8, 4) is 16.9 Å². The average Bonchev–Trinajstić information content (AvgIpc) is 3.24.